The van der Waals surface area contributed by atoms with E-state index in [9.17, 15) is 4.79 Å². The molecule has 0 atom stereocenters. The number of aromatic nitrogens is 2. The molecule has 0 fully saturated rings. The Bertz CT molecular complexity index is 481. The number of H-pyrrole nitrogens is 1. The molecule has 0 aliphatic heterocycles. The summed E-state index contributed by atoms with van der Waals surface area (Å²) in [5.74, 6) is 0. The summed E-state index contributed by atoms with van der Waals surface area (Å²) in [4.78, 5) is 13.5. The molecule has 12 heavy (non-hydrogen) atoms. The first-order valence-electron chi connectivity index (χ1n) is 3.64. The third-order valence-electron chi connectivity index (χ3n) is 1.84. The topological polar surface area (TPSA) is 58.9 Å². The molecule has 2 rings (SSSR count). The summed E-state index contributed by atoms with van der Waals surface area (Å²) in [6.45, 7) is 3.71. The van der Waals surface area contributed by atoms with Crippen molar-refractivity contribution in [2.75, 3.05) is 0 Å². The molecule has 1 N–H and O–H groups in total. The number of hydrogen-bond acceptors (Lipinski definition) is 3. The van der Waals surface area contributed by atoms with E-state index in [0.29, 0.717) is 5.71 Å². The number of fused-ring (bicyclic) bond motifs is 1. The maximum absolute atomic E-state index is 11.0. The van der Waals surface area contributed by atoms with E-state index in [1.807, 2.05) is 13.8 Å². The van der Waals surface area contributed by atoms with E-state index >= 15 is 0 Å². The fourth-order valence-electron chi connectivity index (χ4n) is 1.34. The maximum atomic E-state index is 11.0. The van der Waals surface area contributed by atoms with Crippen molar-refractivity contribution in [1.29, 1.82) is 0 Å². The van der Waals surface area contributed by atoms with Crippen LogP contribution in [0.25, 0.3) is 11.1 Å². The molecule has 2 heterocycles. The van der Waals surface area contributed by atoms with Gasteiger partial charge in [-0.2, -0.15) is 0 Å². The molecule has 0 saturated carbocycles. The minimum atomic E-state index is -0.156. The zero-order valence-electron chi connectivity index (χ0n) is 6.84. The van der Waals surface area contributed by atoms with E-state index in [1.165, 1.54) is 6.07 Å². The Morgan fingerprint density at radius 2 is 2.25 bits per heavy atom. The summed E-state index contributed by atoms with van der Waals surface area (Å²) >= 11 is 0. The van der Waals surface area contributed by atoms with Gasteiger partial charge >= 0.3 is 0 Å². The van der Waals surface area contributed by atoms with Gasteiger partial charge in [0.15, 0.2) is 0 Å². The molecule has 0 aliphatic carbocycles. The Balaban J connectivity index is 3.02. The Kier molecular flexibility index (Phi) is 1.30. The molecule has 0 saturated heterocycles. The number of hydrogen-bond donors (Lipinski definition) is 1. The van der Waals surface area contributed by atoms with Crippen LogP contribution in [-0.2, 0) is 0 Å². The number of aryl methyl sites for hydroxylation is 2. The van der Waals surface area contributed by atoms with Crippen molar-refractivity contribution in [3.8, 4) is 0 Å². The van der Waals surface area contributed by atoms with Crippen LogP contribution in [0, 0.1) is 13.8 Å². The van der Waals surface area contributed by atoms with Crippen molar-refractivity contribution in [1.82, 2.24) is 10.1 Å². The van der Waals surface area contributed by atoms with Crippen LogP contribution in [0.1, 0.15) is 11.3 Å². The van der Waals surface area contributed by atoms with Crippen molar-refractivity contribution >= 4 is 11.1 Å². The van der Waals surface area contributed by atoms with E-state index in [4.69, 9.17) is 4.52 Å². The molecule has 0 amide bonds. The Hall–Kier alpha value is -1.58. The molecule has 0 unspecified atom stereocenters. The molecule has 0 bridgehead atoms. The number of pyridine rings is 1. The normalized spacial score (nSPS) is 10.8. The minimum Gasteiger partial charge on any atom is -0.337 e. The summed E-state index contributed by atoms with van der Waals surface area (Å²) < 4.78 is 4.90. The van der Waals surface area contributed by atoms with Crippen LogP contribution >= 0.6 is 0 Å². The number of nitrogens with one attached hydrogen (secondary N) is 1. The lowest BCUT2D eigenvalue weighted by molar-refractivity contribution is 0.442. The monoisotopic (exact) mass is 164 g/mol. The Morgan fingerprint density at radius 3 is 3.00 bits per heavy atom. The molecule has 4 nitrogen and oxygen atoms in total. The molecule has 0 radical (unpaired) electrons. The van der Waals surface area contributed by atoms with Crippen molar-refractivity contribution < 1.29 is 4.52 Å². The van der Waals surface area contributed by atoms with Gasteiger partial charge in [0.2, 0.25) is 5.71 Å². The highest BCUT2D eigenvalue weighted by atomic mass is 16.5. The summed E-state index contributed by atoms with van der Waals surface area (Å²) in [7, 11) is 0. The lowest BCUT2D eigenvalue weighted by Crippen LogP contribution is -2.03. The average molecular weight is 164 g/mol. The van der Waals surface area contributed by atoms with Crippen LogP contribution in [0.2, 0.25) is 0 Å². The molecule has 0 spiro atoms. The zero-order valence-corrected chi connectivity index (χ0v) is 6.84. The highest BCUT2D eigenvalue weighted by Gasteiger charge is 2.07. The Morgan fingerprint density at radius 1 is 1.50 bits per heavy atom. The molecule has 4 heteroatoms. The smallest absolute Gasteiger partial charge is 0.251 e. The highest BCUT2D eigenvalue weighted by molar-refractivity contribution is 5.79. The molecule has 2 aromatic heterocycles. The maximum Gasteiger partial charge on any atom is 0.251 e. The van der Waals surface area contributed by atoms with Crippen molar-refractivity contribution in [2.45, 2.75) is 13.8 Å². The lowest BCUT2D eigenvalue weighted by atomic mass is 10.2. The first-order valence-corrected chi connectivity index (χ1v) is 3.64. The van der Waals surface area contributed by atoms with E-state index in [2.05, 4.69) is 10.1 Å². The third kappa shape index (κ3) is 0.845. The highest BCUT2D eigenvalue weighted by Crippen LogP contribution is 2.16. The van der Waals surface area contributed by atoms with Crippen molar-refractivity contribution in [3.63, 3.8) is 0 Å². The van der Waals surface area contributed by atoms with Crippen LogP contribution in [-0.4, -0.2) is 10.1 Å². The third-order valence-corrected chi connectivity index (χ3v) is 1.84. The Labute approximate surface area is 68.2 Å². The van der Waals surface area contributed by atoms with Gasteiger partial charge in [-0.3, -0.25) is 9.78 Å². The standard InChI is InChI=1S/C8H8N2O2/c1-4-3-6(11)9-8-7(4)5(2)10-12-8/h3H,1-2H3,(H,9,11). The second-order valence-electron chi connectivity index (χ2n) is 2.79. The van der Waals surface area contributed by atoms with Gasteiger partial charge in [0, 0.05) is 6.07 Å². The zero-order chi connectivity index (χ0) is 8.72. The average Bonchev–Trinajstić information content (AvgIpc) is 2.31. The fourth-order valence-corrected chi connectivity index (χ4v) is 1.34. The van der Waals surface area contributed by atoms with Gasteiger partial charge in [-0.25, -0.2) is 0 Å². The van der Waals surface area contributed by atoms with Gasteiger partial charge < -0.3 is 4.52 Å². The molecular weight excluding hydrogens is 156 g/mol. The van der Waals surface area contributed by atoms with Gasteiger partial charge in [0.1, 0.15) is 0 Å². The molecule has 62 valence electrons. The second kappa shape index (κ2) is 2.20. The van der Waals surface area contributed by atoms with Crippen LogP contribution in [0.3, 0.4) is 0 Å². The van der Waals surface area contributed by atoms with Crippen molar-refractivity contribution in [3.05, 3.63) is 27.7 Å². The van der Waals surface area contributed by atoms with Crippen LogP contribution in [0.4, 0.5) is 0 Å². The van der Waals surface area contributed by atoms with Crippen molar-refractivity contribution in [2.24, 2.45) is 0 Å². The number of aromatic amines is 1. The van der Waals surface area contributed by atoms with E-state index in [-0.39, 0.29) is 5.56 Å². The van der Waals surface area contributed by atoms with Gasteiger partial charge in [0.05, 0.1) is 11.1 Å². The second-order valence-corrected chi connectivity index (χ2v) is 2.79. The van der Waals surface area contributed by atoms with Gasteiger partial charge in [-0.1, -0.05) is 5.16 Å². The van der Waals surface area contributed by atoms with Crippen LogP contribution in [0.15, 0.2) is 15.4 Å². The van der Waals surface area contributed by atoms with E-state index in [0.717, 1.165) is 16.6 Å². The molecular formula is C8H8N2O2. The molecule has 0 aliphatic rings. The SMILES string of the molecule is Cc1cc(=O)[nH]c2onc(C)c12. The lowest BCUT2D eigenvalue weighted by Gasteiger charge is -1.91. The van der Waals surface area contributed by atoms with E-state index < -0.39 is 0 Å². The predicted molar refractivity (Wildman–Crippen MR) is 44.1 cm³/mol. The van der Waals surface area contributed by atoms with Crippen LogP contribution in [0.5, 0.6) is 0 Å². The summed E-state index contributed by atoms with van der Waals surface area (Å²) in [6.07, 6.45) is 0. The predicted octanol–water partition coefficient (Wildman–Crippen LogP) is 1.13. The van der Waals surface area contributed by atoms with Gasteiger partial charge in [0.25, 0.3) is 5.56 Å². The van der Waals surface area contributed by atoms with Crippen LogP contribution < -0.4 is 5.56 Å². The van der Waals surface area contributed by atoms with E-state index in [1.54, 1.807) is 0 Å². The summed E-state index contributed by atoms with van der Waals surface area (Å²) in [5, 5.41) is 4.65. The first-order chi connectivity index (χ1) is 5.68. The fraction of sp³-hybridized carbons (Fsp3) is 0.250. The summed E-state index contributed by atoms with van der Waals surface area (Å²) in [5.41, 5.74) is 2.00. The minimum absolute atomic E-state index is 0.156. The number of nitrogens with zero attached hydrogens (tertiary/aromatic N) is 1. The first kappa shape index (κ1) is 7.09. The van der Waals surface area contributed by atoms with Gasteiger partial charge in [-0.15, -0.1) is 0 Å². The summed E-state index contributed by atoms with van der Waals surface area (Å²) in [6, 6.07) is 1.53. The number of rotatable bonds is 0. The quantitative estimate of drug-likeness (QED) is 0.635. The largest absolute Gasteiger partial charge is 0.337 e. The van der Waals surface area contributed by atoms with Gasteiger partial charge in [-0.05, 0) is 19.4 Å². The molecule has 2 aromatic rings. The molecule has 0 aromatic carbocycles.